The highest BCUT2D eigenvalue weighted by Gasteiger charge is 2.28. The first-order valence-corrected chi connectivity index (χ1v) is 11.0. The number of aromatic hydroxyl groups is 1. The molecule has 172 valence electrons. The van der Waals surface area contributed by atoms with Crippen molar-refractivity contribution >= 4 is 14.0 Å². The monoisotopic (exact) mass is 454 g/mol. The predicted molar refractivity (Wildman–Crippen MR) is 118 cm³/mol. The minimum absolute atomic E-state index is 0.104. The maximum absolute atomic E-state index is 12.2. The number of phosphoric ester groups is 1. The van der Waals surface area contributed by atoms with Crippen LogP contribution in [0.4, 0.5) is 4.79 Å². The van der Waals surface area contributed by atoms with Gasteiger partial charge in [0.15, 0.2) is 0 Å². The van der Waals surface area contributed by atoms with Gasteiger partial charge in [-0.2, -0.15) is 0 Å². The summed E-state index contributed by atoms with van der Waals surface area (Å²) in [5.74, 6) is 0.520. The third kappa shape index (κ3) is 9.00. The number of carboxylic acid groups (broad SMARTS) is 2. The molecule has 0 aromatic heterocycles. The first-order valence-electron chi connectivity index (χ1n) is 9.53. The van der Waals surface area contributed by atoms with Gasteiger partial charge in [0.25, 0.3) is 0 Å². The molecule has 0 heterocycles. The van der Waals surface area contributed by atoms with Gasteiger partial charge in [-0.15, -0.1) is 0 Å². The van der Waals surface area contributed by atoms with Gasteiger partial charge in [0.05, 0.1) is 6.61 Å². The van der Waals surface area contributed by atoms with Crippen LogP contribution >= 0.6 is 7.82 Å². The fourth-order valence-electron chi connectivity index (χ4n) is 2.72. The summed E-state index contributed by atoms with van der Waals surface area (Å²) in [7, 11) is -4.27. The summed E-state index contributed by atoms with van der Waals surface area (Å²) in [4.78, 5) is 18.6. The molecule has 0 amide bonds. The fourth-order valence-corrected chi connectivity index (χ4v) is 3.47. The van der Waals surface area contributed by atoms with Crippen molar-refractivity contribution in [2.24, 2.45) is 0 Å². The van der Waals surface area contributed by atoms with Gasteiger partial charge in [-0.05, 0) is 51.8 Å². The molecule has 2 rings (SSSR count). The Labute approximate surface area is 182 Å². The predicted octanol–water partition coefficient (Wildman–Crippen LogP) is 5.91. The van der Waals surface area contributed by atoms with Crippen LogP contribution in [0.15, 0.2) is 42.5 Å². The first kappa shape index (κ1) is 26.5. The SMILES string of the molecule is CC(C)(C)c1cc(COP(=O)(O)Oc2ccccc2)cc(C(C)(C)C)c1O.O=C(O)O. The minimum Gasteiger partial charge on any atom is -0.507 e. The van der Waals surface area contributed by atoms with Gasteiger partial charge >= 0.3 is 14.0 Å². The summed E-state index contributed by atoms with van der Waals surface area (Å²) in [6.45, 7) is 11.9. The van der Waals surface area contributed by atoms with Gasteiger partial charge in [0, 0.05) is 0 Å². The van der Waals surface area contributed by atoms with Crippen LogP contribution in [0, 0.1) is 0 Å². The first-order chi connectivity index (χ1) is 14.0. The molecule has 0 bridgehead atoms. The lowest BCUT2D eigenvalue weighted by atomic mass is 9.78. The van der Waals surface area contributed by atoms with Crippen LogP contribution in [-0.4, -0.2) is 26.4 Å². The molecule has 9 heteroatoms. The van der Waals surface area contributed by atoms with Crippen LogP contribution in [-0.2, 0) is 26.5 Å². The molecule has 1 unspecified atom stereocenters. The van der Waals surface area contributed by atoms with E-state index in [1.54, 1.807) is 30.3 Å². The number of para-hydroxylation sites is 1. The van der Waals surface area contributed by atoms with E-state index in [4.69, 9.17) is 24.1 Å². The number of phenolic OH excluding ortho intramolecular Hbond substituents is 1. The molecule has 0 radical (unpaired) electrons. The Morgan fingerprint density at radius 3 is 1.74 bits per heavy atom. The number of hydrogen-bond acceptors (Lipinski definition) is 5. The number of rotatable bonds is 5. The zero-order chi connectivity index (χ0) is 24.0. The molecule has 2 aromatic carbocycles. The van der Waals surface area contributed by atoms with E-state index in [2.05, 4.69) is 0 Å². The van der Waals surface area contributed by atoms with Gasteiger partial charge in [-0.3, -0.25) is 9.42 Å². The lowest BCUT2D eigenvalue weighted by Crippen LogP contribution is -2.18. The van der Waals surface area contributed by atoms with Gasteiger partial charge < -0.3 is 19.8 Å². The largest absolute Gasteiger partial charge is 0.527 e. The summed E-state index contributed by atoms with van der Waals surface area (Å²) in [6, 6.07) is 12.0. The Kier molecular flexibility index (Phi) is 8.70. The zero-order valence-electron chi connectivity index (χ0n) is 18.6. The third-order valence-corrected chi connectivity index (χ3v) is 5.04. The topological polar surface area (TPSA) is 134 Å². The van der Waals surface area contributed by atoms with Crippen molar-refractivity contribution in [2.45, 2.75) is 59.0 Å². The molecule has 0 aliphatic carbocycles. The van der Waals surface area contributed by atoms with E-state index < -0.39 is 14.0 Å². The second-order valence-electron chi connectivity index (χ2n) is 8.97. The quantitative estimate of drug-likeness (QED) is 0.410. The Bertz CT molecular complexity index is 888. The van der Waals surface area contributed by atoms with Crippen LogP contribution in [0.5, 0.6) is 11.5 Å². The van der Waals surface area contributed by atoms with E-state index in [0.29, 0.717) is 5.56 Å². The summed E-state index contributed by atoms with van der Waals surface area (Å²) in [5, 5.41) is 24.7. The number of phenols is 1. The smallest absolute Gasteiger partial charge is 0.507 e. The summed E-state index contributed by atoms with van der Waals surface area (Å²) in [6.07, 6.45) is -1.83. The van der Waals surface area contributed by atoms with Crippen LogP contribution in [0.1, 0.15) is 58.2 Å². The van der Waals surface area contributed by atoms with Gasteiger partial charge in [0.2, 0.25) is 0 Å². The molecule has 0 spiro atoms. The van der Waals surface area contributed by atoms with Crippen molar-refractivity contribution < 1.29 is 38.6 Å². The number of hydrogen-bond donors (Lipinski definition) is 4. The Balaban J connectivity index is 0.00000110. The van der Waals surface area contributed by atoms with Gasteiger partial charge in [-0.25, -0.2) is 9.36 Å². The molecule has 1 atom stereocenters. The highest BCUT2D eigenvalue weighted by Crippen LogP contribution is 2.45. The summed E-state index contributed by atoms with van der Waals surface area (Å²) < 4.78 is 22.5. The molecular formula is C22H31O8P. The van der Waals surface area contributed by atoms with Crippen molar-refractivity contribution in [1.29, 1.82) is 0 Å². The average molecular weight is 454 g/mol. The van der Waals surface area contributed by atoms with Crippen LogP contribution in [0.3, 0.4) is 0 Å². The molecule has 0 aliphatic heterocycles. The molecule has 8 nitrogen and oxygen atoms in total. The molecule has 4 N–H and O–H groups in total. The molecule has 0 fully saturated rings. The van der Waals surface area contributed by atoms with Crippen LogP contribution in [0.2, 0.25) is 0 Å². The van der Waals surface area contributed by atoms with Crippen LogP contribution in [0.25, 0.3) is 0 Å². The Hall–Kier alpha value is -2.54. The minimum atomic E-state index is -4.27. The van der Waals surface area contributed by atoms with E-state index in [9.17, 15) is 14.6 Å². The fraction of sp³-hybridized carbons (Fsp3) is 0.409. The molecule has 0 aliphatic rings. The Morgan fingerprint density at radius 1 is 0.935 bits per heavy atom. The van der Waals surface area contributed by atoms with Crippen molar-refractivity contribution in [3.63, 3.8) is 0 Å². The molecule has 2 aromatic rings. The normalized spacial score (nSPS) is 13.5. The van der Waals surface area contributed by atoms with E-state index in [0.717, 1.165) is 11.1 Å². The number of benzene rings is 2. The third-order valence-electron chi connectivity index (χ3n) is 4.14. The highest BCUT2D eigenvalue weighted by atomic mass is 31.2. The van der Waals surface area contributed by atoms with Crippen molar-refractivity contribution in [3.05, 3.63) is 59.2 Å². The highest BCUT2D eigenvalue weighted by molar-refractivity contribution is 7.47. The maximum Gasteiger partial charge on any atom is 0.527 e. The second-order valence-corrected chi connectivity index (χ2v) is 10.3. The second kappa shape index (κ2) is 10.2. The maximum atomic E-state index is 12.2. The summed E-state index contributed by atoms with van der Waals surface area (Å²) >= 11 is 0. The zero-order valence-corrected chi connectivity index (χ0v) is 19.5. The van der Waals surface area contributed by atoms with E-state index in [1.807, 2.05) is 53.7 Å². The van der Waals surface area contributed by atoms with Crippen LogP contribution < -0.4 is 4.52 Å². The van der Waals surface area contributed by atoms with Gasteiger partial charge in [-0.1, -0.05) is 59.7 Å². The lowest BCUT2D eigenvalue weighted by Gasteiger charge is -2.28. The average Bonchev–Trinajstić information content (AvgIpc) is 2.59. The molecular weight excluding hydrogens is 423 g/mol. The van der Waals surface area contributed by atoms with Crippen molar-refractivity contribution in [2.75, 3.05) is 0 Å². The lowest BCUT2D eigenvalue weighted by molar-refractivity contribution is 0.137. The van der Waals surface area contributed by atoms with E-state index >= 15 is 0 Å². The molecule has 0 saturated carbocycles. The number of carbonyl (C=O) groups is 1. The summed E-state index contributed by atoms with van der Waals surface area (Å²) in [5.41, 5.74) is 1.66. The standard InChI is InChI=1S/C21H29O5P.CH2O3/c1-20(2,3)17-12-15(13-18(19(17)22)21(4,5)6)14-25-27(23,24)26-16-10-8-7-9-11-16;2-1(3)4/h7-13,22H,14H2,1-6H3,(H,23,24);(H2,2,3,4). The Morgan fingerprint density at radius 2 is 1.35 bits per heavy atom. The van der Waals surface area contributed by atoms with Gasteiger partial charge in [0.1, 0.15) is 11.5 Å². The molecule has 31 heavy (non-hydrogen) atoms. The van der Waals surface area contributed by atoms with E-state index in [1.165, 1.54) is 0 Å². The van der Waals surface area contributed by atoms with Crippen molar-refractivity contribution in [3.8, 4) is 11.5 Å². The van der Waals surface area contributed by atoms with Crippen molar-refractivity contribution in [1.82, 2.24) is 0 Å². The molecule has 0 saturated heterocycles. The number of phosphoric acid groups is 1. The van der Waals surface area contributed by atoms with E-state index in [-0.39, 0.29) is 28.9 Å².